The molecule has 0 aliphatic heterocycles. The van der Waals surface area contributed by atoms with E-state index in [1.165, 1.54) is 6.26 Å². The highest BCUT2D eigenvalue weighted by Gasteiger charge is 2.18. The van der Waals surface area contributed by atoms with Gasteiger partial charge in [0.25, 0.3) is 0 Å². The molecule has 2 rings (SSSR count). The van der Waals surface area contributed by atoms with Crippen molar-refractivity contribution in [3.63, 3.8) is 0 Å². The van der Waals surface area contributed by atoms with Gasteiger partial charge >= 0.3 is 0 Å². The monoisotopic (exact) mass is 360 g/mol. The number of sulfone groups is 1. The Labute approximate surface area is 149 Å². The van der Waals surface area contributed by atoms with Crippen LogP contribution in [-0.2, 0) is 14.6 Å². The number of hydrogen-bond donors (Lipinski definition) is 2. The van der Waals surface area contributed by atoms with Crippen LogP contribution in [-0.4, -0.2) is 34.2 Å². The van der Waals surface area contributed by atoms with Gasteiger partial charge in [0.2, 0.25) is 5.91 Å². The van der Waals surface area contributed by atoms with Gasteiger partial charge in [-0.25, -0.2) is 8.42 Å². The molecule has 0 radical (unpaired) electrons. The third kappa shape index (κ3) is 5.69. The second-order valence-corrected chi connectivity index (χ2v) is 7.98. The Morgan fingerprint density at radius 3 is 2.36 bits per heavy atom. The fourth-order valence-corrected chi connectivity index (χ4v) is 3.26. The summed E-state index contributed by atoms with van der Waals surface area (Å²) in [6.45, 7) is 0.771. The zero-order valence-electron chi connectivity index (χ0n) is 14.5. The Bertz CT molecular complexity index is 804. The zero-order valence-corrected chi connectivity index (χ0v) is 15.3. The first kappa shape index (κ1) is 19.1. The highest BCUT2D eigenvalue weighted by molar-refractivity contribution is 7.90. The summed E-state index contributed by atoms with van der Waals surface area (Å²) in [5.74, 6) is -0.0612. The van der Waals surface area contributed by atoms with Crippen molar-refractivity contribution in [3.05, 3.63) is 65.7 Å². The van der Waals surface area contributed by atoms with E-state index < -0.39 is 9.84 Å². The molecule has 5 nitrogen and oxygen atoms in total. The van der Waals surface area contributed by atoms with Crippen LogP contribution < -0.4 is 10.6 Å². The molecule has 0 saturated heterocycles. The molecule has 0 aliphatic carbocycles. The third-order valence-electron chi connectivity index (χ3n) is 3.89. The lowest BCUT2D eigenvalue weighted by molar-refractivity contribution is -0.121. The minimum atomic E-state index is -3.31. The molecular weight excluding hydrogens is 336 g/mol. The van der Waals surface area contributed by atoms with E-state index in [1.807, 2.05) is 43.4 Å². The van der Waals surface area contributed by atoms with Crippen LogP contribution in [0.25, 0.3) is 0 Å². The highest BCUT2D eigenvalue weighted by Crippen LogP contribution is 2.24. The molecule has 0 aromatic heterocycles. The van der Waals surface area contributed by atoms with Gasteiger partial charge in [0.1, 0.15) is 0 Å². The molecule has 2 aromatic rings. The van der Waals surface area contributed by atoms with E-state index in [1.54, 1.807) is 18.2 Å². The topological polar surface area (TPSA) is 75.3 Å². The maximum atomic E-state index is 12.3. The Morgan fingerprint density at radius 1 is 1.04 bits per heavy atom. The molecule has 1 unspecified atom stereocenters. The van der Waals surface area contributed by atoms with Crippen molar-refractivity contribution >= 4 is 15.7 Å². The van der Waals surface area contributed by atoms with Gasteiger partial charge < -0.3 is 10.6 Å². The quantitative estimate of drug-likeness (QED) is 0.708. The van der Waals surface area contributed by atoms with Crippen LogP contribution in [0.2, 0.25) is 0 Å². The van der Waals surface area contributed by atoms with Crippen LogP contribution in [0.4, 0.5) is 0 Å². The molecule has 0 fully saturated rings. The van der Waals surface area contributed by atoms with E-state index in [4.69, 9.17) is 0 Å². The number of hydrogen-bond acceptors (Lipinski definition) is 4. The zero-order chi connectivity index (χ0) is 18.3. The predicted molar refractivity (Wildman–Crippen MR) is 99.1 cm³/mol. The van der Waals surface area contributed by atoms with Crippen molar-refractivity contribution in [1.29, 1.82) is 0 Å². The maximum Gasteiger partial charge on any atom is 0.220 e. The molecular formula is C19H24N2O3S. The predicted octanol–water partition coefficient (Wildman–Crippen LogP) is 2.30. The number of nitrogens with one attached hydrogen (secondary N) is 2. The van der Waals surface area contributed by atoms with Crippen LogP contribution in [0.5, 0.6) is 0 Å². The molecule has 6 heteroatoms. The van der Waals surface area contributed by atoms with Crippen LogP contribution in [0, 0.1) is 0 Å². The Hall–Kier alpha value is -2.18. The summed E-state index contributed by atoms with van der Waals surface area (Å²) in [6, 6.07) is 15.9. The van der Waals surface area contributed by atoms with Crippen molar-refractivity contribution < 1.29 is 13.2 Å². The molecule has 134 valence electrons. The summed E-state index contributed by atoms with van der Waals surface area (Å²) < 4.78 is 23.7. The number of amides is 1. The Morgan fingerprint density at radius 2 is 1.72 bits per heavy atom. The van der Waals surface area contributed by atoms with Crippen LogP contribution in [0.15, 0.2) is 59.5 Å². The lowest BCUT2D eigenvalue weighted by atomic mass is 9.98. The number of carbonyl (C=O) groups is 1. The van der Waals surface area contributed by atoms with Gasteiger partial charge in [-0.2, -0.15) is 0 Å². The van der Waals surface area contributed by atoms with Crippen LogP contribution in [0.3, 0.4) is 0 Å². The lowest BCUT2D eigenvalue weighted by Gasteiger charge is -2.20. The molecule has 0 aliphatic rings. The standard InChI is InChI=1S/C19H24N2O3S/c1-20-13-7-12-18(22)21-19(15-8-4-3-5-9-15)16-10-6-11-17(14-16)25(2,23)24/h3-6,8-11,14,19-20H,7,12-13H2,1-2H3,(H,21,22). The first-order valence-corrected chi connectivity index (χ1v) is 10.1. The average molecular weight is 360 g/mol. The smallest absolute Gasteiger partial charge is 0.220 e. The van der Waals surface area contributed by atoms with Crippen LogP contribution >= 0.6 is 0 Å². The molecule has 0 spiro atoms. The first-order valence-electron chi connectivity index (χ1n) is 8.21. The minimum Gasteiger partial charge on any atom is -0.345 e. The van der Waals surface area contributed by atoms with E-state index in [2.05, 4.69) is 10.6 Å². The van der Waals surface area contributed by atoms with E-state index in [0.29, 0.717) is 6.42 Å². The van der Waals surface area contributed by atoms with Crippen molar-refractivity contribution in [2.75, 3.05) is 19.8 Å². The van der Waals surface area contributed by atoms with Crippen molar-refractivity contribution in [2.24, 2.45) is 0 Å². The molecule has 0 saturated carbocycles. The molecule has 1 atom stereocenters. The summed E-state index contributed by atoms with van der Waals surface area (Å²) in [7, 11) is -1.46. The first-order chi connectivity index (χ1) is 11.9. The van der Waals surface area contributed by atoms with E-state index >= 15 is 0 Å². The molecule has 0 heterocycles. The van der Waals surface area contributed by atoms with Gasteiger partial charge in [-0.05, 0) is 43.3 Å². The fraction of sp³-hybridized carbons (Fsp3) is 0.316. The number of benzene rings is 2. The van der Waals surface area contributed by atoms with E-state index in [9.17, 15) is 13.2 Å². The lowest BCUT2D eigenvalue weighted by Crippen LogP contribution is -2.29. The Kier molecular flexibility index (Phi) is 6.73. The van der Waals surface area contributed by atoms with Gasteiger partial charge in [0.15, 0.2) is 9.84 Å². The fourth-order valence-electron chi connectivity index (χ4n) is 2.59. The normalized spacial score (nSPS) is 12.6. The van der Waals surface area contributed by atoms with Gasteiger partial charge in [0, 0.05) is 12.7 Å². The summed E-state index contributed by atoms with van der Waals surface area (Å²) in [4.78, 5) is 12.5. The Balaban J connectivity index is 2.31. The van der Waals surface area contributed by atoms with Crippen molar-refractivity contribution in [2.45, 2.75) is 23.8 Å². The average Bonchev–Trinajstić information content (AvgIpc) is 2.60. The van der Waals surface area contributed by atoms with E-state index in [-0.39, 0.29) is 16.8 Å². The number of carbonyl (C=O) groups excluding carboxylic acids is 1. The van der Waals surface area contributed by atoms with Crippen molar-refractivity contribution in [3.8, 4) is 0 Å². The van der Waals surface area contributed by atoms with Crippen LogP contribution in [0.1, 0.15) is 30.0 Å². The third-order valence-corrected chi connectivity index (χ3v) is 5.00. The molecule has 1 amide bonds. The molecule has 0 bridgehead atoms. The molecule has 2 N–H and O–H groups in total. The second-order valence-electron chi connectivity index (χ2n) is 5.96. The van der Waals surface area contributed by atoms with E-state index in [0.717, 1.165) is 24.1 Å². The largest absolute Gasteiger partial charge is 0.345 e. The maximum absolute atomic E-state index is 12.3. The minimum absolute atomic E-state index is 0.0612. The molecule has 25 heavy (non-hydrogen) atoms. The van der Waals surface area contributed by atoms with Crippen molar-refractivity contribution in [1.82, 2.24) is 10.6 Å². The van der Waals surface area contributed by atoms with Gasteiger partial charge in [-0.15, -0.1) is 0 Å². The van der Waals surface area contributed by atoms with Gasteiger partial charge in [-0.1, -0.05) is 42.5 Å². The second kappa shape index (κ2) is 8.78. The van der Waals surface area contributed by atoms with Gasteiger partial charge in [-0.3, -0.25) is 4.79 Å². The SMILES string of the molecule is CNCCCC(=O)NC(c1ccccc1)c1cccc(S(C)(=O)=O)c1. The number of rotatable bonds is 8. The summed E-state index contributed by atoms with van der Waals surface area (Å²) >= 11 is 0. The summed E-state index contributed by atoms with van der Waals surface area (Å²) in [5.41, 5.74) is 1.66. The summed E-state index contributed by atoms with van der Waals surface area (Å²) in [6.07, 6.45) is 2.34. The highest BCUT2D eigenvalue weighted by atomic mass is 32.2. The molecule has 2 aromatic carbocycles. The summed E-state index contributed by atoms with van der Waals surface area (Å²) in [5, 5.41) is 6.04. The van der Waals surface area contributed by atoms with Gasteiger partial charge in [0.05, 0.1) is 10.9 Å².